The largest absolute Gasteiger partial charge is 0.306 e. The van der Waals surface area contributed by atoms with E-state index in [1.807, 2.05) is 49.1 Å². The molecule has 0 amide bonds. The van der Waals surface area contributed by atoms with Gasteiger partial charge in [0.1, 0.15) is 0 Å². The van der Waals surface area contributed by atoms with Crippen LogP contribution in [0.25, 0.3) is 11.4 Å². The van der Waals surface area contributed by atoms with Crippen molar-refractivity contribution in [3.05, 3.63) is 72.1 Å². The van der Waals surface area contributed by atoms with E-state index < -0.39 is 0 Å². The second kappa shape index (κ2) is 6.84. The van der Waals surface area contributed by atoms with Gasteiger partial charge in [-0.05, 0) is 49.1 Å². The molecule has 1 N–H and O–H groups in total. The van der Waals surface area contributed by atoms with Crippen LogP contribution in [-0.4, -0.2) is 19.9 Å². The molecule has 0 radical (unpaired) electrons. The number of hydrogen-bond acceptors (Lipinski definition) is 5. The first-order valence-electron chi connectivity index (χ1n) is 8.28. The molecule has 0 fully saturated rings. The van der Waals surface area contributed by atoms with Crippen LogP contribution in [0.4, 0.5) is 0 Å². The molecule has 3 aromatic rings. The van der Waals surface area contributed by atoms with E-state index >= 15 is 0 Å². The van der Waals surface area contributed by atoms with Crippen LogP contribution >= 0.6 is 0 Å². The van der Waals surface area contributed by atoms with Crippen LogP contribution in [0.3, 0.4) is 0 Å². The van der Waals surface area contributed by atoms with Gasteiger partial charge >= 0.3 is 0 Å². The van der Waals surface area contributed by atoms with Crippen molar-refractivity contribution in [1.29, 1.82) is 0 Å². The third-order valence-electron chi connectivity index (χ3n) is 4.40. The maximum absolute atomic E-state index is 4.79. The zero-order valence-corrected chi connectivity index (χ0v) is 13.4. The molecule has 3 heterocycles. The molecular weight excluding hydrogens is 298 g/mol. The fraction of sp³-hybridized carbons (Fsp3) is 0.263. The highest BCUT2D eigenvalue weighted by molar-refractivity contribution is 5.53. The van der Waals surface area contributed by atoms with Gasteiger partial charge in [0, 0.05) is 60.4 Å². The molecule has 0 saturated heterocycles. The van der Waals surface area contributed by atoms with Crippen molar-refractivity contribution >= 4 is 0 Å². The molecule has 1 aliphatic carbocycles. The lowest BCUT2D eigenvalue weighted by molar-refractivity contribution is 0.452. The highest BCUT2D eigenvalue weighted by Gasteiger charge is 2.22. The first-order valence-corrected chi connectivity index (χ1v) is 8.28. The standard InChI is InChI=1S/C19H19N5/c1-4-17(22-11-14-6-9-20-10-7-14)16-13-23-19(24-18(16)5-1)15-3-2-8-21-12-15/h2-3,6-10,12-13,17,22H,1,4-5,11H2. The molecule has 0 saturated carbocycles. The van der Waals surface area contributed by atoms with Crippen LogP contribution in [0.1, 0.15) is 35.7 Å². The minimum absolute atomic E-state index is 0.310. The summed E-state index contributed by atoms with van der Waals surface area (Å²) in [4.78, 5) is 17.6. The first-order chi connectivity index (χ1) is 11.9. The molecule has 120 valence electrons. The minimum Gasteiger partial charge on any atom is -0.306 e. The summed E-state index contributed by atoms with van der Waals surface area (Å²) in [5.74, 6) is 0.761. The number of rotatable bonds is 4. The zero-order valence-electron chi connectivity index (χ0n) is 13.4. The second-order valence-electron chi connectivity index (χ2n) is 6.02. The summed E-state index contributed by atoms with van der Waals surface area (Å²) in [6.45, 7) is 0.830. The van der Waals surface area contributed by atoms with Gasteiger partial charge in [-0.1, -0.05) is 0 Å². The summed E-state index contributed by atoms with van der Waals surface area (Å²) < 4.78 is 0. The van der Waals surface area contributed by atoms with E-state index in [1.165, 1.54) is 11.1 Å². The van der Waals surface area contributed by atoms with E-state index in [-0.39, 0.29) is 0 Å². The Morgan fingerprint density at radius 2 is 1.96 bits per heavy atom. The quantitative estimate of drug-likeness (QED) is 0.801. The Balaban J connectivity index is 1.55. The summed E-state index contributed by atoms with van der Waals surface area (Å²) in [5, 5.41) is 3.63. The number of hydrogen-bond donors (Lipinski definition) is 1. The van der Waals surface area contributed by atoms with Crippen LogP contribution in [0, 0.1) is 0 Å². The Labute approximate surface area is 141 Å². The number of nitrogens with one attached hydrogen (secondary N) is 1. The molecule has 0 aliphatic heterocycles. The zero-order chi connectivity index (χ0) is 16.2. The lowest BCUT2D eigenvalue weighted by Crippen LogP contribution is -2.26. The lowest BCUT2D eigenvalue weighted by Gasteiger charge is -2.25. The predicted molar refractivity (Wildman–Crippen MR) is 92.0 cm³/mol. The third kappa shape index (κ3) is 3.16. The van der Waals surface area contributed by atoms with Crippen LogP contribution in [-0.2, 0) is 13.0 Å². The molecule has 0 bridgehead atoms. The van der Waals surface area contributed by atoms with E-state index in [0.29, 0.717) is 6.04 Å². The normalized spacial score (nSPS) is 16.6. The summed E-state index contributed by atoms with van der Waals surface area (Å²) in [5.41, 5.74) is 4.59. The highest BCUT2D eigenvalue weighted by Crippen LogP contribution is 2.29. The molecular formula is C19H19N5. The fourth-order valence-corrected chi connectivity index (χ4v) is 3.13. The molecule has 0 spiro atoms. The third-order valence-corrected chi connectivity index (χ3v) is 4.40. The predicted octanol–water partition coefficient (Wildman–Crippen LogP) is 3.10. The second-order valence-corrected chi connectivity index (χ2v) is 6.02. The summed E-state index contributed by atoms with van der Waals surface area (Å²) in [6, 6.07) is 8.30. The van der Waals surface area contributed by atoms with Gasteiger partial charge in [-0.25, -0.2) is 9.97 Å². The smallest absolute Gasteiger partial charge is 0.160 e. The summed E-state index contributed by atoms with van der Waals surface area (Å²) in [6.07, 6.45) is 12.5. The van der Waals surface area contributed by atoms with Crippen molar-refractivity contribution in [3.63, 3.8) is 0 Å². The van der Waals surface area contributed by atoms with Crippen molar-refractivity contribution in [2.24, 2.45) is 0 Å². The Morgan fingerprint density at radius 3 is 2.79 bits per heavy atom. The van der Waals surface area contributed by atoms with Crippen molar-refractivity contribution in [3.8, 4) is 11.4 Å². The van der Waals surface area contributed by atoms with E-state index in [4.69, 9.17) is 4.98 Å². The van der Waals surface area contributed by atoms with Crippen LogP contribution in [0.2, 0.25) is 0 Å². The van der Waals surface area contributed by atoms with Gasteiger partial charge in [0.25, 0.3) is 0 Å². The number of fused-ring (bicyclic) bond motifs is 1. The lowest BCUT2D eigenvalue weighted by atomic mass is 9.92. The average Bonchev–Trinajstić information content (AvgIpc) is 2.67. The molecule has 0 aromatic carbocycles. The molecule has 5 heteroatoms. The van der Waals surface area contributed by atoms with Gasteiger partial charge in [-0.15, -0.1) is 0 Å². The van der Waals surface area contributed by atoms with Crippen molar-refractivity contribution in [2.45, 2.75) is 31.8 Å². The molecule has 1 unspecified atom stereocenters. The van der Waals surface area contributed by atoms with Gasteiger partial charge in [-0.3, -0.25) is 9.97 Å². The Morgan fingerprint density at radius 1 is 1.04 bits per heavy atom. The van der Waals surface area contributed by atoms with E-state index in [2.05, 4.69) is 20.3 Å². The monoisotopic (exact) mass is 317 g/mol. The van der Waals surface area contributed by atoms with Gasteiger partial charge in [0.05, 0.1) is 0 Å². The van der Waals surface area contributed by atoms with Crippen molar-refractivity contribution in [2.75, 3.05) is 0 Å². The van der Waals surface area contributed by atoms with E-state index in [1.54, 1.807) is 6.20 Å². The van der Waals surface area contributed by atoms with Crippen LogP contribution < -0.4 is 5.32 Å². The van der Waals surface area contributed by atoms with Gasteiger partial charge in [-0.2, -0.15) is 0 Å². The maximum Gasteiger partial charge on any atom is 0.160 e. The molecule has 3 aromatic heterocycles. The van der Waals surface area contributed by atoms with Crippen molar-refractivity contribution in [1.82, 2.24) is 25.3 Å². The highest BCUT2D eigenvalue weighted by atomic mass is 14.9. The first kappa shape index (κ1) is 14.9. The maximum atomic E-state index is 4.79. The molecule has 5 nitrogen and oxygen atoms in total. The SMILES string of the molecule is c1cncc(-c2ncc3c(n2)CCCC3NCc2ccncc2)c1. The topological polar surface area (TPSA) is 63.6 Å². The fourth-order valence-electron chi connectivity index (χ4n) is 3.13. The minimum atomic E-state index is 0.310. The van der Waals surface area contributed by atoms with Crippen LogP contribution in [0.5, 0.6) is 0 Å². The van der Waals surface area contributed by atoms with Crippen molar-refractivity contribution < 1.29 is 0 Å². The molecule has 4 rings (SSSR count). The Kier molecular flexibility index (Phi) is 4.25. The number of nitrogens with zero attached hydrogens (tertiary/aromatic N) is 4. The van der Waals surface area contributed by atoms with Gasteiger partial charge in [0.15, 0.2) is 5.82 Å². The molecule has 1 aliphatic rings. The number of aryl methyl sites for hydroxylation is 1. The average molecular weight is 317 g/mol. The van der Waals surface area contributed by atoms with E-state index in [9.17, 15) is 0 Å². The van der Waals surface area contributed by atoms with Crippen LogP contribution in [0.15, 0.2) is 55.2 Å². The summed E-state index contributed by atoms with van der Waals surface area (Å²) >= 11 is 0. The van der Waals surface area contributed by atoms with Gasteiger partial charge in [0.2, 0.25) is 0 Å². The van der Waals surface area contributed by atoms with Gasteiger partial charge < -0.3 is 5.32 Å². The molecule has 24 heavy (non-hydrogen) atoms. The van der Waals surface area contributed by atoms with E-state index in [0.717, 1.165) is 42.9 Å². The Bertz CT molecular complexity index is 805. The number of aromatic nitrogens is 4. The Hall–Kier alpha value is -2.66. The summed E-state index contributed by atoms with van der Waals surface area (Å²) in [7, 11) is 0. The molecule has 1 atom stereocenters. The number of pyridine rings is 2.